The molecule has 3 heterocycles. The second kappa shape index (κ2) is 11.0. The minimum absolute atomic E-state index is 0. The highest BCUT2D eigenvalue weighted by atomic mass is 35.5. The number of thiophene rings is 1. The van der Waals surface area contributed by atoms with E-state index in [0.29, 0.717) is 44.1 Å². The van der Waals surface area contributed by atoms with Crippen molar-refractivity contribution in [3.8, 4) is 11.4 Å². The molecule has 1 aliphatic heterocycles. The lowest BCUT2D eigenvalue weighted by molar-refractivity contribution is 0.0574. The molecule has 0 amide bonds. The summed E-state index contributed by atoms with van der Waals surface area (Å²) in [6, 6.07) is 3.77. The van der Waals surface area contributed by atoms with Gasteiger partial charge in [-0.15, -0.1) is 36.2 Å². The predicted octanol–water partition coefficient (Wildman–Crippen LogP) is 3.61. The first-order valence-electron chi connectivity index (χ1n) is 9.12. The summed E-state index contributed by atoms with van der Waals surface area (Å²) in [6.45, 7) is 2.82. The van der Waals surface area contributed by atoms with E-state index >= 15 is 0 Å². The number of piperazine rings is 1. The zero-order valence-corrected chi connectivity index (χ0v) is 19.4. The molecule has 170 valence electrons. The van der Waals surface area contributed by atoms with Crippen molar-refractivity contribution in [3.63, 3.8) is 0 Å². The van der Waals surface area contributed by atoms with Gasteiger partial charge in [0.1, 0.15) is 11.6 Å². The molecule has 0 spiro atoms. The molecule has 31 heavy (non-hydrogen) atoms. The quantitative estimate of drug-likeness (QED) is 0.508. The Labute approximate surface area is 199 Å². The molecule has 0 aliphatic carbocycles. The number of hydrogen-bond donors (Lipinski definition) is 2. The number of aromatic nitrogens is 2. The van der Waals surface area contributed by atoms with E-state index in [2.05, 4.69) is 19.8 Å². The zero-order chi connectivity index (χ0) is 20.5. The van der Waals surface area contributed by atoms with Crippen LogP contribution in [0.1, 0.15) is 0 Å². The van der Waals surface area contributed by atoms with Gasteiger partial charge in [0, 0.05) is 32.7 Å². The van der Waals surface area contributed by atoms with Gasteiger partial charge in [0.05, 0.1) is 33.5 Å². The maximum absolute atomic E-state index is 14.4. The second-order valence-corrected chi connectivity index (χ2v) is 8.20. The van der Waals surface area contributed by atoms with Crippen molar-refractivity contribution in [2.75, 3.05) is 44.2 Å². The Bertz CT molecular complexity index is 1030. The van der Waals surface area contributed by atoms with Gasteiger partial charge in [0.15, 0.2) is 11.6 Å². The van der Waals surface area contributed by atoms with Crippen LogP contribution < -0.4 is 4.90 Å². The lowest BCUT2D eigenvalue weighted by Crippen LogP contribution is -2.49. The van der Waals surface area contributed by atoms with Gasteiger partial charge >= 0.3 is 0 Å². The molecule has 6 nitrogen and oxygen atoms in total. The molecule has 1 aromatic carbocycles. The summed E-state index contributed by atoms with van der Waals surface area (Å²) in [5, 5.41) is 20.3. The van der Waals surface area contributed by atoms with E-state index in [-0.39, 0.29) is 47.8 Å². The molecule has 0 radical (unpaired) electrons. The first-order valence-corrected chi connectivity index (χ1v) is 10.4. The van der Waals surface area contributed by atoms with Crippen LogP contribution in [-0.4, -0.2) is 70.5 Å². The summed E-state index contributed by atoms with van der Waals surface area (Å²) >= 11 is 7.16. The monoisotopic (exact) mass is 512 g/mol. The minimum Gasteiger partial charge on any atom is -0.394 e. The number of fused-ring (bicyclic) bond motifs is 1. The Kier molecular flexibility index (Phi) is 9.20. The zero-order valence-electron chi connectivity index (χ0n) is 16.2. The SMILES string of the molecule is Cl.Cl.OCC(O)CN1CCN(c2nc(-c3cc(F)c(Cl)cc3F)nc3ccsc23)CC1. The van der Waals surface area contributed by atoms with Crippen molar-refractivity contribution in [1.29, 1.82) is 0 Å². The van der Waals surface area contributed by atoms with Crippen molar-refractivity contribution in [2.45, 2.75) is 6.10 Å². The fourth-order valence-corrected chi connectivity index (χ4v) is 4.37. The van der Waals surface area contributed by atoms with Crippen LogP contribution in [0.5, 0.6) is 0 Å². The van der Waals surface area contributed by atoms with Gasteiger partial charge in [0.2, 0.25) is 0 Å². The molecular weight excluding hydrogens is 493 g/mol. The number of β-amino-alcohol motifs (C(OH)–C–C–N with tert-alkyl or cyclic N) is 1. The van der Waals surface area contributed by atoms with E-state index in [1.165, 1.54) is 11.3 Å². The predicted molar refractivity (Wildman–Crippen MR) is 124 cm³/mol. The van der Waals surface area contributed by atoms with Crippen molar-refractivity contribution >= 4 is 63.8 Å². The van der Waals surface area contributed by atoms with E-state index in [9.17, 15) is 13.9 Å². The Morgan fingerprint density at radius 1 is 1.10 bits per heavy atom. The van der Waals surface area contributed by atoms with E-state index in [1.807, 2.05) is 11.4 Å². The fourth-order valence-electron chi connectivity index (χ4n) is 3.37. The van der Waals surface area contributed by atoms with E-state index < -0.39 is 17.7 Å². The molecule has 0 bridgehead atoms. The smallest absolute Gasteiger partial charge is 0.165 e. The van der Waals surface area contributed by atoms with Crippen molar-refractivity contribution < 1.29 is 19.0 Å². The number of aliphatic hydroxyl groups excluding tert-OH is 2. The molecule has 0 saturated carbocycles. The third-order valence-corrected chi connectivity index (χ3v) is 6.08. The number of nitrogens with zero attached hydrogens (tertiary/aromatic N) is 4. The number of aliphatic hydroxyl groups is 2. The summed E-state index contributed by atoms with van der Waals surface area (Å²) in [5.41, 5.74) is 0.633. The van der Waals surface area contributed by atoms with Crippen molar-refractivity contribution in [1.82, 2.24) is 14.9 Å². The number of benzene rings is 1. The van der Waals surface area contributed by atoms with Gasteiger partial charge in [-0.25, -0.2) is 18.7 Å². The molecule has 2 N–H and O–H groups in total. The highest BCUT2D eigenvalue weighted by Crippen LogP contribution is 2.33. The lowest BCUT2D eigenvalue weighted by Gasteiger charge is -2.36. The molecule has 12 heteroatoms. The molecule has 3 aromatic rings. The standard InChI is InChI=1S/C19H19ClF2N4O2S.2ClH/c20-13-8-14(21)12(7-15(13)22)18-23-16-1-6-29-17(16)19(24-18)26-4-2-25(3-5-26)9-11(28)10-27;;/h1,6-8,11,27-28H,2-5,9-10H2;2*1H. The fraction of sp³-hybridized carbons (Fsp3) is 0.368. The summed E-state index contributed by atoms with van der Waals surface area (Å²) in [7, 11) is 0. The van der Waals surface area contributed by atoms with Gasteiger partial charge in [-0.3, -0.25) is 4.90 Å². The van der Waals surface area contributed by atoms with Crippen LogP contribution >= 0.6 is 47.8 Å². The number of rotatable bonds is 5. The number of halogens is 5. The summed E-state index contributed by atoms with van der Waals surface area (Å²) in [5.74, 6) is -0.622. The third-order valence-electron chi connectivity index (χ3n) is 4.89. The van der Waals surface area contributed by atoms with Gasteiger partial charge in [0.25, 0.3) is 0 Å². The Morgan fingerprint density at radius 3 is 2.48 bits per heavy atom. The van der Waals surface area contributed by atoms with Gasteiger partial charge in [-0.1, -0.05) is 11.6 Å². The van der Waals surface area contributed by atoms with Crippen molar-refractivity contribution in [2.24, 2.45) is 0 Å². The minimum atomic E-state index is -0.765. The van der Waals surface area contributed by atoms with E-state index in [1.54, 1.807) is 0 Å². The van der Waals surface area contributed by atoms with Crippen LogP contribution in [0.3, 0.4) is 0 Å². The topological polar surface area (TPSA) is 72.7 Å². The molecule has 4 rings (SSSR count). The Balaban J connectivity index is 0.00000171. The molecule has 2 aromatic heterocycles. The molecular formula is C19H21Cl3F2N4O2S. The van der Waals surface area contributed by atoms with Crippen molar-refractivity contribution in [3.05, 3.63) is 40.2 Å². The largest absolute Gasteiger partial charge is 0.394 e. The van der Waals surface area contributed by atoms with E-state index in [0.717, 1.165) is 16.8 Å². The lowest BCUT2D eigenvalue weighted by atomic mass is 10.2. The summed E-state index contributed by atoms with van der Waals surface area (Å²) in [6.07, 6.45) is -0.765. The van der Waals surface area contributed by atoms with Crippen LogP contribution in [0.25, 0.3) is 21.6 Å². The highest BCUT2D eigenvalue weighted by molar-refractivity contribution is 7.17. The maximum atomic E-state index is 14.4. The Hall–Kier alpha value is -1.33. The molecule has 1 fully saturated rings. The van der Waals surface area contributed by atoms with Crippen LogP contribution in [0.2, 0.25) is 5.02 Å². The van der Waals surface area contributed by atoms with Crippen LogP contribution in [-0.2, 0) is 0 Å². The first-order chi connectivity index (χ1) is 14.0. The first kappa shape index (κ1) is 25.9. The Morgan fingerprint density at radius 2 is 1.81 bits per heavy atom. The molecule has 1 unspecified atom stereocenters. The van der Waals surface area contributed by atoms with Crippen LogP contribution in [0.4, 0.5) is 14.6 Å². The second-order valence-electron chi connectivity index (χ2n) is 6.88. The maximum Gasteiger partial charge on any atom is 0.165 e. The van der Waals surface area contributed by atoms with Gasteiger partial charge in [-0.2, -0.15) is 0 Å². The van der Waals surface area contributed by atoms with E-state index in [4.69, 9.17) is 16.7 Å². The van der Waals surface area contributed by atoms with Crippen LogP contribution in [0, 0.1) is 11.6 Å². The molecule has 1 saturated heterocycles. The average molecular weight is 514 g/mol. The van der Waals surface area contributed by atoms with Gasteiger partial charge in [-0.05, 0) is 23.6 Å². The van der Waals surface area contributed by atoms with Crippen LogP contribution in [0.15, 0.2) is 23.6 Å². The highest BCUT2D eigenvalue weighted by Gasteiger charge is 2.24. The number of anilines is 1. The number of hydrogen-bond acceptors (Lipinski definition) is 7. The summed E-state index contributed by atoms with van der Waals surface area (Å²) < 4.78 is 29.2. The molecule has 1 atom stereocenters. The average Bonchev–Trinajstić information content (AvgIpc) is 3.19. The summed E-state index contributed by atoms with van der Waals surface area (Å²) in [4.78, 5) is 13.1. The van der Waals surface area contributed by atoms with Gasteiger partial charge < -0.3 is 15.1 Å². The third kappa shape index (κ3) is 5.54. The normalized spacial score (nSPS) is 15.5. The molecule has 1 aliphatic rings.